The molecule has 3 rings (SSSR count). The summed E-state index contributed by atoms with van der Waals surface area (Å²) < 4.78 is 0. The van der Waals surface area contributed by atoms with E-state index in [-0.39, 0.29) is 11.8 Å². The van der Waals surface area contributed by atoms with E-state index in [9.17, 15) is 10.1 Å². The summed E-state index contributed by atoms with van der Waals surface area (Å²) in [5.74, 6) is -0.128. The Morgan fingerprint density at radius 3 is 2.36 bits per heavy atom. The minimum atomic E-state index is -0.811. The summed E-state index contributed by atoms with van der Waals surface area (Å²) in [4.78, 5) is 12.5. The number of hydrogen-bond donors (Lipinski definition) is 1. The van der Waals surface area contributed by atoms with Crippen molar-refractivity contribution in [3.8, 4) is 6.07 Å². The highest BCUT2D eigenvalue weighted by atomic mass is 16.1. The van der Waals surface area contributed by atoms with Crippen molar-refractivity contribution in [3.63, 3.8) is 0 Å². The monoisotopic (exact) mass is 290 g/mol. The molecule has 2 aromatic carbocycles. The Morgan fingerprint density at radius 1 is 1.09 bits per heavy atom. The van der Waals surface area contributed by atoms with Crippen molar-refractivity contribution in [2.45, 2.75) is 30.7 Å². The molecule has 0 heterocycles. The fourth-order valence-corrected chi connectivity index (χ4v) is 3.32. The molecule has 1 amide bonds. The average Bonchev–Trinajstić information content (AvgIpc) is 3.00. The number of nitrogens with zero attached hydrogens (tertiary/aromatic N) is 1. The summed E-state index contributed by atoms with van der Waals surface area (Å²) in [7, 11) is 0. The van der Waals surface area contributed by atoms with Crippen molar-refractivity contribution in [2.24, 2.45) is 0 Å². The van der Waals surface area contributed by atoms with Crippen LogP contribution >= 0.6 is 0 Å². The lowest BCUT2D eigenvalue weighted by atomic mass is 9.82. The van der Waals surface area contributed by atoms with Gasteiger partial charge in [-0.1, -0.05) is 48.5 Å². The van der Waals surface area contributed by atoms with E-state index < -0.39 is 5.54 Å². The van der Waals surface area contributed by atoms with Crippen LogP contribution in [0.3, 0.4) is 0 Å². The molecule has 110 valence electrons. The Balaban J connectivity index is 1.88. The summed E-state index contributed by atoms with van der Waals surface area (Å²) in [5, 5.41) is 12.8. The predicted octanol–water partition coefficient (Wildman–Crippen LogP) is 3.65. The fraction of sp³-hybridized carbons (Fsp3) is 0.263. The Morgan fingerprint density at radius 2 is 1.73 bits per heavy atom. The van der Waals surface area contributed by atoms with Crippen molar-refractivity contribution in [2.75, 3.05) is 0 Å². The van der Waals surface area contributed by atoms with E-state index in [1.807, 2.05) is 48.5 Å². The van der Waals surface area contributed by atoms with Gasteiger partial charge in [-0.05, 0) is 37.0 Å². The van der Waals surface area contributed by atoms with Gasteiger partial charge in [-0.3, -0.25) is 4.79 Å². The van der Waals surface area contributed by atoms with Crippen molar-refractivity contribution >= 4 is 5.91 Å². The predicted molar refractivity (Wildman–Crippen MR) is 85.3 cm³/mol. The van der Waals surface area contributed by atoms with E-state index in [1.54, 1.807) is 12.1 Å². The number of nitriles is 1. The maximum absolute atomic E-state index is 12.5. The largest absolute Gasteiger partial charge is 0.333 e. The Labute approximate surface area is 130 Å². The Bertz CT molecular complexity index is 690. The molecule has 0 bridgehead atoms. The van der Waals surface area contributed by atoms with Crippen LogP contribution in [0.4, 0.5) is 0 Å². The van der Waals surface area contributed by atoms with Gasteiger partial charge in [0.2, 0.25) is 0 Å². The van der Waals surface area contributed by atoms with Crippen LogP contribution in [0, 0.1) is 11.3 Å². The van der Waals surface area contributed by atoms with Gasteiger partial charge in [0.05, 0.1) is 6.07 Å². The lowest BCUT2D eigenvalue weighted by Gasteiger charge is -2.30. The number of benzene rings is 2. The first-order chi connectivity index (χ1) is 10.7. The lowest BCUT2D eigenvalue weighted by Crippen LogP contribution is -2.49. The minimum Gasteiger partial charge on any atom is -0.333 e. The number of nitrogens with one attached hydrogen (secondary N) is 1. The van der Waals surface area contributed by atoms with Crippen LogP contribution in [0.1, 0.15) is 41.1 Å². The van der Waals surface area contributed by atoms with Crippen molar-refractivity contribution in [1.82, 2.24) is 5.32 Å². The third kappa shape index (κ3) is 2.60. The van der Waals surface area contributed by atoms with Crippen LogP contribution < -0.4 is 5.32 Å². The van der Waals surface area contributed by atoms with Gasteiger partial charge in [-0.25, -0.2) is 0 Å². The van der Waals surface area contributed by atoms with E-state index >= 15 is 0 Å². The van der Waals surface area contributed by atoms with Gasteiger partial charge in [0.15, 0.2) is 0 Å². The minimum absolute atomic E-state index is 0.0476. The summed E-state index contributed by atoms with van der Waals surface area (Å²) >= 11 is 0. The third-order valence-corrected chi connectivity index (χ3v) is 4.43. The molecular weight excluding hydrogens is 272 g/mol. The van der Waals surface area contributed by atoms with Crippen molar-refractivity contribution < 1.29 is 4.79 Å². The fourth-order valence-electron chi connectivity index (χ4n) is 3.32. The number of carbonyl (C=O) groups is 1. The zero-order valence-electron chi connectivity index (χ0n) is 12.3. The van der Waals surface area contributed by atoms with E-state index in [1.165, 1.54) is 0 Å². The molecule has 2 atom stereocenters. The van der Waals surface area contributed by atoms with E-state index in [4.69, 9.17) is 0 Å². The standard InChI is InChI=1S/C19H18N2O/c20-14-19(21-18(22)16-10-5-2-6-11-16)13-7-12-17(19)15-8-3-1-4-9-15/h1-6,8-11,17H,7,12-13H2,(H,21,22)/t17-,19-/m0/s1. The molecule has 0 saturated heterocycles. The van der Waals surface area contributed by atoms with Gasteiger partial charge in [0.25, 0.3) is 5.91 Å². The molecule has 0 spiro atoms. The first kappa shape index (κ1) is 14.3. The van der Waals surface area contributed by atoms with Crippen molar-refractivity contribution in [3.05, 3.63) is 71.8 Å². The molecule has 1 aliphatic carbocycles. The molecular formula is C19H18N2O. The smallest absolute Gasteiger partial charge is 0.252 e. The number of amides is 1. The highest BCUT2D eigenvalue weighted by Gasteiger charge is 2.45. The van der Waals surface area contributed by atoms with Crippen LogP contribution in [0.5, 0.6) is 0 Å². The molecule has 0 aromatic heterocycles. The molecule has 22 heavy (non-hydrogen) atoms. The molecule has 3 nitrogen and oxygen atoms in total. The molecule has 1 saturated carbocycles. The normalized spacial score (nSPS) is 23.7. The van der Waals surface area contributed by atoms with E-state index in [0.717, 1.165) is 18.4 Å². The number of rotatable bonds is 3. The van der Waals surface area contributed by atoms with Crippen molar-refractivity contribution in [1.29, 1.82) is 5.26 Å². The Kier molecular flexibility index (Phi) is 3.93. The highest BCUT2D eigenvalue weighted by Crippen LogP contribution is 2.42. The second kappa shape index (κ2) is 6.03. The third-order valence-electron chi connectivity index (χ3n) is 4.43. The maximum Gasteiger partial charge on any atom is 0.252 e. The zero-order valence-corrected chi connectivity index (χ0v) is 12.3. The van der Waals surface area contributed by atoms with Crippen LogP contribution in [-0.2, 0) is 0 Å². The molecule has 1 aliphatic rings. The summed E-state index contributed by atoms with van der Waals surface area (Å²) in [6.45, 7) is 0. The average molecular weight is 290 g/mol. The van der Waals surface area contributed by atoms with Crippen LogP contribution in [0.25, 0.3) is 0 Å². The van der Waals surface area contributed by atoms with Crippen LogP contribution in [-0.4, -0.2) is 11.4 Å². The van der Waals surface area contributed by atoms with Gasteiger partial charge in [-0.2, -0.15) is 5.26 Å². The second-order valence-electron chi connectivity index (χ2n) is 5.76. The molecule has 3 heteroatoms. The first-order valence-electron chi connectivity index (χ1n) is 7.59. The zero-order chi connectivity index (χ0) is 15.4. The second-order valence-corrected chi connectivity index (χ2v) is 5.76. The quantitative estimate of drug-likeness (QED) is 0.938. The van der Waals surface area contributed by atoms with Gasteiger partial charge in [0, 0.05) is 11.5 Å². The topological polar surface area (TPSA) is 52.9 Å². The van der Waals surface area contributed by atoms with E-state index in [0.29, 0.717) is 12.0 Å². The van der Waals surface area contributed by atoms with Gasteiger partial charge in [-0.15, -0.1) is 0 Å². The molecule has 1 fully saturated rings. The summed E-state index contributed by atoms with van der Waals surface area (Å²) in [6.07, 6.45) is 2.57. The summed E-state index contributed by atoms with van der Waals surface area (Å²) in [5.41, 5.74) is 0.902. The molecule has 0 aliphatic heterocycles. The molecule has 0 unspecified atom stereocenters. The number of carbonyl (C=O) groups excluding carboxylic acids is 1. The summed E-state index contributed by atoms with van der Waals surface area (Å²) in [6, 6.07) is 21.5. The molecule has 2 aromatic rings. The molecule has 1 N–H and O–H groups in total. The Hall–Kier alpha value is -2.60. The SMILES string of the molecule is N#C[C@@]1(NC(=O)c2ccccc2)CCC[C@H]1c1ccccc1. The first-order valence-corrected chi connectivity index (χ1v) is 7.59. The highest BCUT2D eigenvalue weighted by molar-refractivity contribution is 5.95. The van der Waals surface area contributed by atoms with Crippen LogP contribution in [0.2, 0.25) is 0 Å². The van der Waals surface area contributed by atoms with Gasteiger partial charge < -0.3 is 5.32 Å². The molecule has 0 radical (unpaired) electrons. The van der Waals surface area contributed by atoms with E-state index in [2.05, 4.69) is 11.4 Å². The van der Waals surface area contributed by atoms with Gasteiger partial charge in [0.1, 0.15) is 5.54 Å². The maximum atomic E-state index is 12.5. The van der Waals surface area contributed by atoms with Crippen LogP contribution in [0.15, 0.2) is 60.7 Å². The lowest BCUT2D eigenvalue weighted by molar-refractivity contribution is 0.0915. The number of hydrogen-bond acceptors (Lipinski definition) is 2. The van der Waals surface area contributed by atoms with Gasteiger partial charge >= 0.3 is 0 Å².